The fourth-order valence-electron chi connectivity index (χ4n) is 2.25. The number of carbonyl (C=O) groups is 1. The van der Waals surface area contributed by atoms with E-state index >= 15 is 0 Å². The largest absolute Gasteiger partial charge is 0.497 e. The first-order chi connectivity index (χ1) is 8.69. The van der Waals surface area contributed by atoms with E-state index < -0.39 is 0 Å². The molecule has 0 spiro atoms. The highest BCUT2D eigenvalue weighted by molar-refractivity contribution is 5.76. The summed E-state index contributed by atoms with van der Waals surface area (Å²) in [5.41, 5.74) is 6.93. The molecule has 1 amide bonds. The summed E-state index contributed by atoms with van der Waals surface area (Å²) in [6.07, 6.45) is 2.21. The smallest absolute Gasteiger partial charge is 0.222 e. The Balaban J connectivity index is 1.85. The zero-order valence-corrected chi connectivity index (χ0v) is 10.8. The third kappa shape index (κ3) is 3.23. The molecule has 4 heteroatoms. The van der Waals surface area contributed by atoms with E-state index in [4.69, 9.17) is 10.5 Å². The van der Waals surface area contributed by atoms with Crippen molar-refractivity contribution in [2.75, 3.05) is 20.2 Å². The van der Waals surface area contributed by atoms with Crippen molar-refractivity contribution in [3.63, 3.8) is 0 Å². The zero-order chi connectivity index (χ0) is 13.0. The Kier molecular flexibility index (Phi) is 4.20. The number of nitrogens with two attached hydrogens (primary N) is 1. The average molecular weight is 248 g/mol. The highest BCUT2D eigenvalue weighted by Crippen LogP contribution is 2.15. The molecule has 2 rings (SSSR count). The van der Waals surface area contributed by atoms with Gasteiger partial charge in [0.25, 0.3) is 0 Å². The van der Waals surface area contributed by atoms with Gasteiger partial charge in [0.15, 0.2) is 0 Å². The molecule has 1 aromatic carbocycles. The summed E-state index contributed by atoms with van der Waals surface area (Å²) in [6, 6.07) is 8.01. The Morgan fingerprint density at radius 3 is 3.06 bits per heavy atom. The summed E-state index contributed by atoms with van der Waals surface area (Å²) in [6.45, 7) is 1.51. The minimum atomic E-state index is 0.158. The SMILES string of the molecule is COc1cccc(CCC(=O)N2CC[C@@H](N)C2)c1. The second-order valence-electron chi connectivity index (χ2n) is 4.74. The first-order valence-electron chi connectivity index (χ1n) is 6.35. The van der Waals surface area contributed by atoms with Crippen LogP contribution >= 0.6 is 0 Å². The molecule has 0 aliphatic carbocycles. The Hall–Kier alpha value is -1.55. The van der Waals surface area contributed by atoms with Gasteiger partial charge in [-0.05, 0) is 30.5 Å². The standard InChI is InChI=1S/C14H20N2O2/c1-18-13-4-2-3-11(9-13)5-6-14(17)16-8-7-12(15)10-16/h2-4,9,12H,5-8,10,15H2,1H3/t12-/m1/s1. The number of hydrogen-bond donors (Lipinski definition) is 1. The zero-order valence-electron chi connectivity index (χ0n) is 10.8. The molecule has 18 heavy (non-hydrogen) atoms. The van der Waals surface area contributed by atoms with Crippen LogP contribution in [0.1, 0.15) is 18.4 Å². The van der Waals surface area contributed by atoms with Gasteiger partial charge in [-0.1, -0.05) is 12.1 Å². The van der Waals surface area contributed by atoms with Crippen LogP contribution in [-0.2, 0) is 11.2 Å². The molecule has 1 heterocycles. The molecule has 1 atom stereocenters. The van der Waals surface area contributed by atoms with Crippen LogP contribution in [0.3, 0.4) is 0 Å². The van der Waals surface area contributed by atoms with Gasteiger partial charge >= 0.3 is 0 Å². The minimum absolute atomic E-state index is 0.158. The lowest BCUT2D eigenvalue weighted by Crippen LogP contribution is -2.31. The maximum atomic E-state index is 12.0. The van der Waals surface area contributed by atoms with Gasteiger partial charge in [0, 0.05) is 25.6 Å². The monoisotopic (exact) mass is 248 g/mol. The number of rotatable bonds is 4. The van der Waals surface area contributed by atoms with Crippen molar-refractivity contribution in [2.45, 2.75) is 25.3 Å². The van der Waals surface area contributed by atoms with E-state index in [2.05, 4.69) is 0 Å². The van der Waals surface area contributed by atoms with Gasteiger partial charge < -0.3 is 15.4 Å². The molecule has 0 unspecified atom stereocenters. The number of methoxy groups -OCH3 is 1. The van der Waals surface area contributed by atoms with Crippen LogP contribution in [0.4, 0.5) is 0 Å². The molecule has 4 nitrogen and oxygen atoms in total. The van der Waals surface area contributed by atoms with Gasteiger partial charge in [0.2, 0.25) is 5.91 Å². The van der Waals surface area contributed by atoms with Crippen LogP contribution < -0.4 is 10.5 Å². The van der Waals surface area contributed by atoms with Gasteiger partial charge in [0.05, 0.1) is 7.11 Å². The van der Waals surface area contributed by atoms with E-state index in [1.807, 2.05) is 29.2 Å². The fourth-order valence-corrected chi connectivity index (χ4v) is 2.25. The molecular weight excluding hydrogens is 228 g/mol. The molecule has 0 aromatic heterocycles. The van der Waals surface area contributed by atoms with E-state index in [0.29, 0.717) is 13.0 Å². The van der Waals surface area contributed by atoms with Crippen LogP contribution in [-0.4, -0.2) is 37.0 Å². The fraction of sp³-hybridized carbons (Fsp3) is 0.500. The lowest BCUT2D eigenvalue weighted by molar-refractivity contribution is -0.130. The molecule has 98 valence electrons. The van der Waals surface area contributed by atoms with Crippen molar-refractivity contribution in [3.8, 4) is 5.75 Å². The molecule has 2 N–H and O–H groups in total. The third-order valence-corrected chi connectivity index (χ3v) is 3.34. The molecule has 1 aliphatic rings. The quantitative estimate of drug-likeness (QED) is 0.870. The number of benzene rings is 1. The predicted molar refractivity (Wildman–Crippen MR) is 70.5 cm³/mol. The summed E-state index contributed by atoms with van der Waals surface area (Å²) in [5, 5.41) is 0. The number of amides is 1. The van der Waals surface area contributed by atoms with Crippen molar-refractivity contribution < 1.29 is 9.53 Å². The van der Waals surface area contributed by atoms with E-state index in [-0.39, 0.29) is 11.9 Å². The number of aryl methyl sites for hydroxylation is 1. The van der Waals surface area contributed by atoms with Crippen LogP contribution in [0.25, 0.3) is 0 Å². The Morgan fingerprint density at radius 2 is 2.39 bits per heavy atom. The van der Waals surface area contributed by atoms with Gasteiger partial charge in [-0.2, -0.15) is 0 Å². The van der Waals surface area contributed by atoms with Crippen molar-refractivity contribution in [3.05, 3.63) is 29.8 Å². The van der Waals surface area contributed by atoms with Crippen LogP contribution in [0.15, 0.2) is 24.3 Å². The van der Waals surface area contributed by atoms with Crippen molar-refractivity contribution in [1.82, 2.24) is 4.90 Å². The van der Waals surface area contributed by atoms with Crippen LogP contribution in [0.5, 0.6) is 5.75 Å². The second-order valence-corrected chi connectivity index (χ2v) is 4.74. The topological polar surface area (TPSA) is 55.6 Å². The van der Waals surface area contributed by atoms with E-state index in [1.54, 1.807) is 7.11 Å². The van der Waals surface area contributed by atoms with Gasteiger partial charge in [-0.15, -0.1) is 0 Å². The Bertz CT molecular complexity index is 420. The number of nitrogens with zero attached hydrogens (tertiary/aromatic N) is 1. The summed E-state index contributed by atoms with van der Waals surface area (Å²) in [7, 11) is 1.65. The Morgan fingerprint density at radius 1 is 1.56 bits per heavy atom. The van der Waals surface area contributed by atoms with E-state index in [1.165, 1.54) is 0 Å². The molecule has 0 radical (unpaired) electrons. The lowest BCUT2D eigenvalue weighted by Gasteiger charge is -2.15. The number of ether oxygens (including phenoxy) is 1. The number of likely N-dealkylation sites (tertiary alicyclic amines) is 1. The summed E-state index contributed by atoms with van der Waals surface area (Å²) in [5.74, 6) is 1.04. The predicted octanol–water partition coefficient (Wildman–Crippen LogP) is 1.19. The van der Waals surface area contributed by atoms with Crippen molar-refractivity contribution in [1.29, 1.82) is 0 Å². The van der Waals surface area contributed by atoms with E-state index in [9.17, 15) is 4.79 Å². The maximum absolute atomic E-state index is 12.0. The van der Waals surface area contributed by atoms with Crippen molar-refractivity contribution >= 4 is 5.91 Å². The van der Waals surface area contributed by atoms with Crippen LogP contribution in [0, 0.1) is 0 Å². The average Bonchev–Trinajstić information content (AvgIpc) is 2.83. The third-order valence-electron chi connectivity index (χ3n) is 3.34. The Labute approximate surface area is 108 Å². The molecule has 0 saturated carbocycles. The summed E-state index contributed by atoms with van der Waals surface area (Å²) < 4.78 is 5.16. The van der Waals surface area contributed by atoms with Crippen molar-refractivity contribution in [2.24, 2.45) is 5.73 Å². The second kappa shape index (κ2) is 5.87. The molecular formula is C14H20N2O2. The van der Waals surface area contributed by atoms with Gasteiger partial charge in [-0.25, -0.2) is 0 Å². The summed E-state index contributed by atoms with van der Waals surface area (Å²) >= 11 is 0. The maximum Gasteiger partial charge on any atom is 0.222 e. The highest BCUT2D eigenvalue weighted by Gasteiger charge is 2.22. The molecule has 0 bridgehead atoms. The van der Waals surface area contributed by atoms with E-state index in [0.717, 1.165) is 30.7 Å². The van der Waals surface area contributed by atoms with Crippen LogP contribution in [0.2, 0.25) is 0 Å². The highest BCUT2D eigenvalue weighted by atomic mass is 16.5. The summed E-state index contributed by atoms with van der Waals surface area (Å²) in [4.78, 5) is 13.8. The first kappa shape index (κ1) is 12.9. The molecule has 1 aromatic rings. The molecule has 1 saturated heterocycles. The molecule has 1 aliphatic heterocycles. The normalized spacial score (nSPS) is 19.0. The first-order valence-corrected chi connectivity index (χ1v) is 6.35. The van der Waals surface area contributed by atoms with Gasteiger partial charge in [-0.3, -0.25) is 4.79 Å². The number of carbonyl (C=O) groups excluding carboxylic acids is 1. The lowest BCUT2D eigenvalue weighted by atomic mass is 10.1. The minimum Gasteiger partial charge on any atom is -0.497 e. The molecule has 1 fully saturated rings. The number of hydrogen-bond acceptors (Lipinski definition) is 3. The van der Waals surface area contributed by atoms with Gasteiger partial charge in [0.1, 0.15) is 5.75 Å².